The second-order valence-electron chi connectivity index (χ2n) is 2.19. The van der Waals surface area contributed by atoms with Gasteiger partial charge in [-0.25, -0.2) is 4.98 Å². The third-order valence-electron chi connectivity index (χ3n) is 1.56. The summed E-state index contributed by atoms with van der Waals surface area (Å²) >= 11 is 5.73. The van der Waals surface area contributed by atoms with Crippen LogP contribution in [0.2, 0.25) is 5.15 Å². The largest absolute Gasteiger partial charge is 0.490 e. The molecule has 0 spiro atoms. The summed E-state index contributed by atoms with van der Waals surface area (Å²) < 4.78 is 5.23. The maximum absolute atomic E-state index is 5.73. The van der Waals surface area contributed by atoms with E-state index < -0.39 is 0 Å². The lowest BCUT2D eigenvalue weighted by molar-refractivity contribution is 0.356. The number of rotatable bonds is 0. The summed E-state index contributed by atoms with van der Waals surface area (Å²) in [6.07, 6.45) is 2.66. The standard InChI is InChI=1S/C7H6ClNO/c8-7-6-5(1-3-9-7)2-4-10-6/h1,3H,2,4H2. The van der Waals surface area contributed by atoms with Crippen molar-refractivity contribution in [3.63, 3.8) is 0 Å². The molecule has 0 bridgehead atoms. The minimum atomic E-state index is 0.481. The fraction of sp³-hybridized carbons (Fsp3) is 0.286. The zero-order valence-electron chi connectivity index (χ0n) is 5.30. The smallest absolute Gasteiger partial charge is 0.171 e. The fourth-order valence-electron chi connectivity index (χ4n) is 1.07. The predicted molar refractivity (Wildman–Crippen MR) is 38.4 cm³/mol. The highest BCUT2D eigenvalue weighted by Crippen LogP contribution is 2.30. The third-order valence-corrected chi connectivity index (χ3v) is 1.83. The van der Waals surface area contributed by atoms with Crippen LogP contribution in [0.1, 0.15) is 5.56 Å². The molecule has 0 unspecified atom stereocenters. The van der Waals surface area contributed by atoms with Crippen molar-refractivity contribution in [2.75, 3.05) is 6.61 Å². The van der Waals surface area contributed by atoms with Crippen molar-refractivity contribution >= 4 is 11.6 Å². The number of ether oxygens (including phenoxy) is 1. The number of aromatic nitrogens is 1. The average molecular weight is 156 g/mol. The maximum Gasteiger partial charge on any atom is 0.171 e. The first-order valence-corrected chi connectivity index (χ1v) is 3.52. The normalized spacial score (nSPS) is 14.5. The molecule has 1 aromatic heterocycles. The van der Waals surface area contributed by atoms with Crippen molar-refractivity contribution < 1.29 is 4.74 Å². The molecule has 0 fully saturated rings. The molecule has 0 saturated heterocycles. The molecule has 0 aromatic carbocycles. The predicted octanol–water partition coefficient (Wildman–Crippen LogP) is 1.67. The van der Waals surface area contributed by atoms with Gasteiger partial charge in [-0.05, 0) is 6.07 Å². The molecule has 0 aliphatic carbocycles. The summed E-state index contributed by atoms with van der Waals surface area (Å²) in [5, 5.41) is 0.481. The summed E-state index contributed by atoms with van der Waals surface area (Å²) in [7, 11) is 0. The Balaban J connectivity index is 2.59. The van der Waals surface area contributed by atoms with Gasteiger partial charge >= 0.3 is 0 Å². The van der Waals surface area contributed by atoms with E-state index in [4.69, 9.17) is 16.3 Å². The first-order chi connectivity index (χ1) is 4.88. The number of fused-ring (bicyclic) bond motifs is 1. The topological polar surface area (TPSA) is 22.1 Å². The van der Waals surface area contributed by atoms with Crippen molar-refractivity contribution in [1.29, 1.82) is 0 Å². The van der Waals surface area contributed by atoms with E-state index in [1.54, 1.807) is 6.20 Å². The Labute approximate surface area is 63.8 Å². The van der Waals surface area contributed by atoms with Gasteiger partial charge in [0.05, 0.1) is 6.61 Å². The van der Waals surface area contributed by atoms with Crippen LogP contribution in [0.5, 0.6) is 5.75 Å². The molecule has 2 heterocycles. The Kier molecular flexibility index (Phi) is 1.27. The van der Waals surface area contributed by atoms with Gasteiger partial charge in [-0.2, -0.15) is 0 Å². The zero-order valence-corrected chi connectivity index (χ0v) is 6.06. The van der Waals surface area contributed by atoms with E-state index in [2.05, 4.69) is 4.98 Å². The molecule has 10 heavy (non-hydrogen) atoms. The Morgan fingerprint density at radius 3 is 3.30 bits per heavy atom. The third kappa shape index (κ3) is 0.762. The molecule has 0 saturated carbocycles. The van der Waals surface area contributed by atoms with Crippen LogP contribution in [-0.2, 0) is 6.42 Å². The summed E-state index contributed by atoms with van der Waals surface area (Å²) in [5.41, 5.74) is 1.17. The Morgan fingerprint density at radius 2 is 2.50 bits per heavy atom. The molecule has 1 aliphatic heterocycles. The average Bonchev–Trinajstić information content (AvgIpc) is 2.36. The zero-order chi connectivity index (χ0) is 6.97. The van der Waals surface area contributed by atoms with E-state index >= 15 is 0 Å². The molecular formula is C7H6ClNO. The van der Waals surface area contributed by atoms with Gasteiger partial charge in [0, 0.05) is 18.2 Å². The molecule has 3 heteroatoms. The lowest BCUT2D eigenvalue weighted by atomic mass is 10.2. The highest BCUT2D eigenvalue weighted by molar-refractivity contribution is 6.30. The Bertz CT molecular complexity index is 262. The van der Waals surface area contributed by atoms with Gasteiger partial charge in [-0.3, -0.25) is 0 Å². The van der Waals surface area contributed by atoms with Crippen LogP contribution in [0.25, 0.3) is 0 Å². The summed E-state index contributed by atoms with van der Waals surface area (Å²) in [6.45, 7) is 0.737. The van der Waals surface area contributed by atoms with Crippen LogP contribution in [0, 0.1) is 0 Å². The second kappa shape index (κ2) is 2.13. The number of pyridine rings is 1. The Hall–Kier alpha value is -0.760. The monoisotopic (exact) mass is 155 g/mol. The molecule has 0 radical (unpaired) electrons. The molecular weight excluding hydrogens is 150 g/mol. The van der Waals surface area contributed by atoms with E-state index in [1.807, 2.05) is 6.07 Å². The van der Waals surface area contributed by atoms with Gasteiger partial charge in [0.2, 0.25) is 0 Å². The van der Waals surface area contributed by atoms with Gasteiger partial charge < -0.3 is 4.74 Å². The first kappa shape index (κ1) is 5.98. The van der Waals surface area contributed by atoms with Crippen LogP contribution < -0.4 is 4.74 Å². The van der Waals surface area contributed by atoms with Crippen molar-refractivity contribution in [1.82, 2.24) is 4.98 Å². The van der Waals surface area contributed by atoms with Crippen LogP contribution in [0.15, 0.2) is 12.3 Å². The van der Waals surface area contributed by atoms with E-state index in [0.717, 1.165) is 18.8 Å². The second-order valence-corrected chi connectivity index (χ2v) is 2.55. The van der Waals surface area contributed by atoms with Gasteiger partial charge in [-0.1, -0.05) is 11.6 Å². The molecule has 1 aliphatic rings. The lowest BCUT2D eigenvalue weighted by Gasteiger charge is -1.97. The minimum absolute atomic E-state index is 0.481. The van der Waals surface area contributed by atoms with Crippen LogP contribution in [0.4, 0.5) is 0 Å². The number of hydrogen-bond acceptors (Lipinski definition) is 2. The fourth-order valence-corrected chi connectivity index (χ4v) is 1.30. The van der Waals surface area contributed by atoms with Crippen molar-refractivity contribution in [2.45, 2.75) is 6.42 Å². The molecule has 2 nitrogen and oxygen atoms in total. The molecule has 2 rings (SSSR count). The van der Waals surface area contributed by atoms with E-state index in [9.17, 15) is 0 Å². The first-order valence-electron chi connectivity index (χ1n) is 3.14. The lowest BCUT2D eigenvalue weighted by Crippen LogP contribution is -1.87. The maximum atomic E-state index is 5.73. The van der Waals surface area contributed by atoms with E-state index in [-0.39, 0.29) is 0 Å². The highest BCUT2D eigenvalue weighted by Gasteiger charge is 2.14. The van der Waals surface area contributed by atoms with E-state index in [1.165, 1.54) is 5.56 Å². The van der Waals surface area contributed by atoms with E-state index in [0.29, 0.717) is 5.15 Å². The SMILES string of the molecule is Clc1nccc2c1OCC2. The molecule has 0 N–H and O–H groups in total. The van der Waals surface area contributed by atoms with Gasteiger partial charge in [0.15, 0.2) is 10.9 Å². The Morgan fingerprint density at radius 1 is 1.60 bits per heavy atom. The quantitative estimate of drug-likeness (QED) is 0.532. The molecule has 52 valence electrons. The summed E-state index contributed by atoms with van der Waals surface area (Å²) in [6, 6.07) is 1.94. The summed E-state index contributed by atoms with van der Waals surface area (Å²) in [5.74, 6) is 0.768. The summed E-state index contributed by atoms with van der Waals surface area (Å²) in [4.78, 5) is 3.89. The van der Waals surface area contributed by atoms with Gasteiger partial charge in [-0.15, -0.1) is 0 Å². The van der Waals surface area contributed by atoms with Crippen LogP contribution in [0.3, 0.4) is 0 Å². The van der Waals surface area contributed by atoms with Crippen molar-refractivity contribution in [3.8, 4) is 5.75 Å². The minimum Gasteiger partial charge on any atom is -0.490 e. The van der Waals surface area contributed by atoms with Crippen molar-refractivity contribution in [3.05, 3.63) is 23.0 Å². The molecule has 0 amide bonds. The van der Waals surface area contributed by atoms with Crippen LogP contribution in [-0.4, -0.2) is 11.6 Å². The highest BCUT2D eigenvalue weighted by atomic mass is 35.5. The number of nitrogens with zero attached hydrogens (tertiary/aromatic N) is 1. The van der Waals surface area contributed by atoms with Gasteiger partial charge in [0.1, 0.15) is 0 Å². The molecule has 0 atom stereocenters. The number of halogens is 1. The van der Waals surface area contributed by atoms with Gasteiger partial charge in [0.25, 0.3) is 0 Å². The van der Waals surface area contributed by atoms with Crippen LogP contribution >= 0.6 is 11.6 Å². The number of hydrogen-bond donors (Lipinski definition) is 0. The van der Waals surface area contributed by atoms with Crippen molar-refractivity contribution in [2.24, 2.45) is 0 Å². The molecule has 1 aromatic rings.